The lowest BCUT2D eigenvalue weighted by Gasteiger charge is -2.36. The van der Waals surface area contributed by atoms with Crippen LogP contribution in [0.4, 0.5) is 0 Å². The molecule has 1 heterocycles. The van der Waals surface area contributed by atoms with Crippen LogP contribution in [0.2, 0.25) is 0 Å². The maximum atomic E-state index is 13.0. The van der Waals surface area contributed by atoms with E-state index >= 15 is 0 Å². The molecule has 0 spiro atoms. The Balaban J connectivity index is 1.76. The van der Waals surface area contributed by atoms with Crippen molar-refractivity contribution >= 4 is 10.0 Å². The van der Waals surface area contributed by atoms with Crippen molar-refractivity contribution in [1.29, 1.82) is 5.26 Å². The molecule has 2 aromatic rings. The molecule has 0 amide bonds. The maximum absolute atomic E-state index is 13.0. The van der Waals surface area contributed by atoms with Gasteiger partial charge in [0.2, 0.25) is 10.0 Å². The molecule has 1 saturated heterocycles. The van der Waals surface area contributed by atoms with Crippen LogP contribution < -0.4 is 0 Å². The first-order valence-electron chi connectivity index (χ1n) is 9.11. The van der Waals surface area contributed by atoms with Crippen molar-refractivity contribution in [3.63, 3.8) is 0 Å². The van der Waals surface area contributed by atoms with Gasteiger partial charge in [-0.15, -0.1) is 0 Å². The molecule has 0 bridgehead atoms. The molecule has 0 radical (unpaired) electrons. The van der Waals surface area contributed by atoms with Crippen molar-refractivity contribution in [2.24, 2.45) is 0 Å². The van der Waals surface area contributed by atoms with Crippen LogP contribution in [-0.2, 0) is 10.0 Å². The van der Waals surface area contributed by atoms with E-state index in [9.17, 15) is 13.7 Å². The Morgan fingerprint density at radius 1 is 0.963 bits per heavy atom. The fourth-order valence-corrected chi connectivity index (χ4v) is 5.30. The fraction of sp³-hybridized carbons (Fsp3) is 0.381. The summed E-state index contributed by atoms with van der Waals surface area (Å²) in [4.78, 5) is 2.44. The Labute approximate surface area is 161 Å². The summed E-state index contributed by atoms with van der Waals surface area (Å²) in [6.45, 7) is 7.64. The fourth-order valence-electron chi connectivity index (χ4n) is 3.67. The molecule has 1 atom stereocenters. The summed E-state index contributed by atoms with van der Waals surface area (Å²) in [6, 6.07) is 15.3. The zero-order valence-corrected chi connectivity index (χ0v) is 16.8. The zero-order chi connectivity index (χ0) is 19.6. The summed E-state index contributed by atoms with van der Waals surface area (Å²) in [7, 11) is -3.51. The predicted octanol–water partition coefficient (Wildman–Crippen LogP) is 3.18. The van der Waals surface area contributed by atoms with Gasteiger partial charge in [0, 0.05) is 26.2 Å². The summed E-state index contributed by atoms with van der Waals surface area (Å²) in [5, 5.41) is 9.70. The number of rotatable bonds is 4. The number of piperazine rings is 1. The molecule has 0 aromatic heterocycles. The average Bonchev–Trinajstić information content (AvgIpc) is 2.64. The molecule has 1 aliphatic heterocycles. The zero-order valence-electron chi connectivity index (χ0n) is 16.0. The first-order chi connectivity index (χ1) is 12.8. The van der Waals surface area contributed by atoms with Gasteiger partial charge in [-0.1, -0.05) is 42.0 Å². The van der Waals surface area contributed by atoms with Gasteiger partial charge in [0.25, 0.3) is 0 Å². The van der Waals surface area contributed by atoms with Crippen LogP contribution in [0.5, 0.6) is 0 Å². The lowest BCUT2D eigenvalue weighted by Crippen LogP contribution is -2.49. The first kappa shape index (κ1) is 19.6. The number of aryl methyl sites for hydroxylation is 3. The average molecular weight is 384 g/mol. The minimum absolute atomic E-state index is 0.350. The van der Waals surface area contributed by atoms with Crippen LogP contribution in [0.15, 0.2) is 47.4 Å². The van der Waals surface area contributed by atoms with Crippen molar-refractivity contribution in [1.82, 2.24) is 9.21 Å². The summed E-state index contributed by atoms with van der Waals surface area (Å²) < 4.78 is 27.6. The van der Waals surface area contributed by atoms with Gasteiger partial charge >= 0.3 is 0 Å². The Morgan fingerprint density at radius 2 is 1.63 bits per heavy atom. The molecule has 0 N–H and O–H groups in total. The third-order valence-electron chi connectivity index (χ3n) is 5.19. The Hall–Kier alpha value is -2.20. The van der Waals surface area contributed by atoms with Crippen LogP contribution in [-0.4, -0.2) is 43.8 Å². The van der Waals surface area contributed by atoms with Crippen molar-refractivity contribution in [3.8, 4) is 6.07 Å². The van der Waals surface area contributed by atoms with E-state index in [4.69, 9.17) is 0 Å². The number of hydrogen-bond donors (Lipinski definition) is 0. The molecule has 1 aliphatic rings. The van der Waals surface area contributed by atoms with Crippen LogP contribution in [0.3, 0.4) is 0 Å². The van der Waals surface area contributed by atoms with E-state index in [1.807, 2.05) is 57.2 Å². The van der Waals surface area contributed by atoms with E-state index in [1.54, 1.807) is 6.07 Å². The van der Waals surface area contributed by atoms with Crippen molar-refractivity contribution in [2.45, 2.75) is 31.7 Å². The van der Waals surface area contributed by atoms with E-state index in [-0.39, 0.29) is 6.04 Å². The highest BCUT2D eigenvalue weighted by Gasteiger charge is 2.32. The first-order valence-corrected chi connectivity index (χ1v) is 10.5. The quantitative estimate of drug-likeness (QED) is 0.813. The van der Waals surface area contributed by atoms with E-state index < -0.39 is 10.0 Å². The number of sulfonamides is 1. The second-order valence-electron chi connectivity index (χ2n) is 7.10. The Kier molecular flexibility index (Phi) is 5.66. The minimum atomic E-state index is -3.51. The second-order valence-corrected chi connectivity index (χ2v) is 9.00. The highest BCUT2D eigenvalue weighted by Crippen LogP contribution is 2.27. The molecule has 2 aromatic carbocycles. The lowest BCUT2D eigenvalue weighted by molar-refractivity contribution is 0.162. The van der Waals surface area contributed by atoms with Gasteiger partial charge in [0.15, 0.2) is 0 Å². The van der Waals surface area contributed by atoms with E-state index in [0.717, 1.165) is 22.3 Å². The molecular weight excluding hydrogens is 358 g/mol. The molecule has 27 heavy (non-hydrogen) atoms. The monoisotopic (exact) mass is 383 g/mol. The Bertz CT molecular complexity index is 971. The lowest BCUT2D eigenvalue weighted by atomic mass is 10.0. The predicted molar refractivity (Wildman–Crippen MR) is 106 cm³/mol. The van der Waals surface area contributed by atoms with Crippen LogP contribution in [0.25, 0.3) is 0 Å². The number of nitrogens with zero attached hydrogens (tertiary/aromatic N) is 3. The number of benzene rings is 2. The van der Waals surface area contributed by atoms with E-state index in [1.165, 1.54) is 4.31 Å². The molecular formula is C21H25N3O2S. The molecule has 6 heteroatoms. The van der Waals surface area contributed by atoms with Crippen molar-refractivity contribution in [3.05, 3.63) is 64.7 Å². The normalized spacial score (nSPS) is 17.4. The molecule has 1 fully saturated rings. The molecule has 0 aliphatic carbocycles. The van der Waals surface area contributed by atoms with Gasteiger partial charge in [0.05, 0.1) is 11.0 Å². The summed E-state index contributed by atoms with van der Waals surface area (Å²) in [5.74, 6) is 0. The third-order valence-corrected chi connectivity index (χ3v) is 7.25. The highest BCUT2D eigenvalue weighted by molar-refractivity contribution is 7.89. The van der Waals surface area contributed by atoms with E-state index in [0.29, 0.717) is 31.1 Å². The molecule has 3 rings (SSSR count). The van der Waals surface area contributed by atoms with Crippen LogP contribution >= 0.6 is 0 Å². The Morgan fingerprint density at radius 3 is 2.22 bits per heavy atom. The SMILES string of the molecule is Cc1ccc(S(=O)(=O)N2CCN(C(C#N)c3ccccc3C)CC2)c(C)c1. The van der Waals surface area contributed by atoms with Gasteiger partial charge in [-0.3, -0.25) is 4.90 Å². The molecule has 142 valence electrons. The van der Waals surface area contributed by atoms with Gasteiger partial charge in [-0.25, -0.2) is 8.42 Å². The topological polar surface area (TPSA) is 64.4 Å². The third kappa shape index (κ3) is 3.91. The maximum Gasteiger partial charge on any atom is 0.243 e. The highest BCUT2D eigenvalue weighted by atomic mass is 32.2. The number of nitriles is 1. The smallest absolute Gasteiger partial charge is 0.243 e. The summed E-state index contributed by atoms with van der Waals surface area (Å²) in [5.41, 5.74) is 3.89. The van der Waals surface area contributed by atoms with E-state index in [2.05, 4.69) is 11.0 Å². The van der Waals surface area contributed by atoms with Crippen LogP contribution in [0.1, 0.15) is 28.3 Å². The van der Waals surface area contributed by atoms with Crippen molar-refractivity contribution < 1.29 is 8.42 Å². The van der Waals surface area contributed by atoms with Crippen LogP contribution in [0, 0.1) is 32.1 Å². The summed E-state index contributed by atoms with van der Waals surface area (Å²) in [6.07, 6.45) is 0. The van der Waals surface area contributed by atoms with Crippen molar-refractivity contribution in [2.75, 3.05) is 26.2 Å². The standard InChI is InChI=1S/C21H25N3O2S/c1-16-8-9-21(18(3)14-16)27(25,26)24-12-10-23(11-13-24)20(15-22)19-7-5-4-6-17(19)2/h4-9,14,20H,10-13H2,1-3H3. The number of hydrogen-bond acceptors (Lipinski definition) is 4. The molecule has 1 unspecified atom stereocenters. The molecule has 0 saturated carbocycles. The second kappa shape index (κ2) is 7.81. The largest absolute Gasteiger partial charge is 0.282 e. The van der Waals surface area contributed by atoms with Gasteiger partial charge in [-0.2, -0.15) is 9.57 Å². The summed E-state index contributed by atoms with van der Waals surface area (Å²) >= 11 is 0. The minimum Gasteiger partial charge on any atom is -0.282 e. The van der Waals surface area contributed by atoms with Gasteiger partial charge in [0.1, 0.15) is 6.04 Å². The molecule has 5 nitrogen and oxygen atoms in total. The van der Waals surface area contributed by atoms with Gasteiger partial charge < -0.3 is 0 Å². The van der Waals surface area contributed by atoms with Gasteiger partial charge in [-0.05, 0) is 43.5 Å².